The van der Waals surface area contributed by atoms with Gasteiger partial charge >= 0.3 is 0 Å². The fraction of sp³-hybridized carbons (Fsp3) is 0.462. The minimum atomic E-state index is -3.41. The van der Waals surface area contributed by atoms with Crippen LogP contribution in [0.2, 0.25) is 0 Å². The number of nitrogens with one attached hydrogen (secondary N) is 3. The van der Waals surface area contributed by atoms with Gasteiger partial charge in [0.15, 0.2) is 0 Å². The molecular weight excluding hydrogens is 278 g/mol. The fourth-order valence-corrected chi connectivity index (χ4v) is 2.91. The maximum absolute atomic E-state index is 11.8. The van der Waals surface area contributed by atoms with Crippen molar-refractivity contribution in [2.24, 2.45) is 5.92 Å². The third-order valence-electron chi connectivity index (χ3n) is 3.19. The van der Waals surface area contributed by atoms with Gasteiger partial charge in [-0.3, -0.25) is 4.79 Å². The Kier molecular flexibility index (Phi) is 4.74. The van der Waals surface area contributed by atoms with Gasteiger partial charge in [-0.15, -0.1) is 0 Å². The second-order valence-electron chi connectivity index (χ2n) is 4.72. The summed E-state index contributed by atoms with van der Waals surface area (Å²) in [6.07, 6.45) is 0. The summed E-state index contributed by atoms with van der Waals surface area (Å²) >= 11 is 0. The van der Waals surface area contributed by atoms with Crippen molar-refractivity contribution in [2.75, 3.05) is 19.6 Å². The van der Waals surface area contributed by atoms with E-state index in [9.17, 15) is 13.2 Å². The van der Waals surface area contributed by atoms with Crippen LogP contribution in [0, 0.1) is 5.92 Å². The van der Waals surface area contributed by atoms with Gasteiger partial charge in [0.25, 0.3) is 0 Å². The van der Waals surface area contributed by atoms with Crippen LogP contribution >= 0.6 is 0 Å². The summed E-state index contributed by atoms with van der Waals surface area (Å²) < 4.78 is 25.9. The first-order valence-electron chi connectivity index (χ1n) is 6.60. The third-order valence-corrected chi connectivity index (χ3v) is 4.75. The smallest absolute Gasteiger partial charge is 0.240 e. The lowest BCUT2D eigenvalue weighted by Gasteiger charge is -2.25. The summed E-state index contributed by atoms with van der Waals surface area (Å²) in [6.45, 7) is 3.96. The van der Waals surface area contributed by atoms with Crippen LogP contribution in [0.3, 0.4) is 0 Å². The molecule has 20 heavy (non-hydrogen) atoms. The van der Waals surface area contributed by atoms with E-state index in [1.165, 1.54) is 0 Å². The van der Waals surface area contributed by atoms with Crippen molar-refractivity contribution in [3.63, 3.8) is 0 Å². The second-order valence-corrected chi connectivity index (χ2v) is 6.49. The Morgan fingerprint density at radius 1 is 1.30 bits per heavy atom. The Bertz CT molecular complexity index is 565. The Morgan fingerprint density at radius 2 is 1.95 bits per heavy atom. The second kappa shape index (κ2) is 6.34. The molecule has 7 heteroatoms. The number of benzene rings is 1. The number of sulfonamides is 1. The highest BCUT2D eigenvalue weighted by molar-refractivity contribution is 7.89. The van der Waals surface area contributed by atoms with E-state index in [0.717, 1.165) is 18.7 Å². The van der Waals surface area contributed by atoms with E-state index in [4.69, 9.17) is 0 Å². The highest BCUT2D eigenvalue weighted by Gasteiger charge is 2.24. The lowest BCUT2D eigenvalue weighted by atomic mass is 10.0. The quantitative estimate of drug-likeness (QED) is 0.680. The Hall–Kier alpha value is -1.44. The molecule has 1 fully saturated rings. The lowest BCUT2D eigenvalue weighted by molar-refractivity contribution is -0.126. The summed E-state index contributed by atoms with van der Waals surface area (Å²) in [5.74, 6) is 0.0940. The Labute approximate surface area is 119 Å². The molecule has 6 nitrogen and oxygen atoms in total. The third kappa shape index (κ3) is 3.56. The molecule has 110 valence electrons. The van der Waals surface area contributed by atoms with Crippen molar-refractivity contribution in [2.45, 2.75) is 18.4 Å². The van der Waals surface area contributed by atoms with E-state index in [1.54, 1.807) is 31.2 Å². The van der Waals surface area contributed by atoms with E-state index < -0.39 is 10.0 Å². The first kappa shape index (κ1) is 15.0. The van der Waals surface area contributed by atoms with Gasteiger partial charge in [-0.25, -0.2) is 13.1 Å². The summed E-state index contributed by atoms with van der Waals surface area (Å²) in [6, 6.07) is 6.52. The zero-order valence-corrected chi connectivity index (χ0v) is 12.2. The van der Waals surface area contributed by atoms with Gasteiger partial charge in [-0.05, 0) is 17.7 Å². The van der Waals surface area contributed by atoms with E-state index in [-0.39, 0.29) is 16.7 Å². The van der Waals surface area contributed by atoms with Crippen molar-refractivity contribution in [1.82, 2.24) is 15.4 Å². The first-order chi connectivity index (χ1) is 9.53. The molecule has 0 radical (unpaired) electrons. The molecule has 1 aliphatic rings. The van der Waals surface area contributed by atoms with E-state index in [0.29, 0.717) is 13.1 Å². The largest absolute Gasteiger partial charge is 0.352 e. The molecule has 1 aromatic rings. The minimum absolute atomic E-state index is 0.0353. The minimum Gasteiger partial charge on any atom is -0.352 e. The van der Waals surface area contributed by atoms with Gasteiger partial charge < -0.3 is 10.6 Å². The molecule has 0 atom stereocenters. The average Bonchev–Trinajstić information content (AvgIpc) is 2.35. The number of hydrogen-bond acceptors (Lipinski definition) is 4. The van der Waals surface area contributed by atoms with E-state index in [1.807, 2.05) is 0 Å². The lowest BCUT2D eigenvalue weighted by Crippen LogP contribution is -2.50. The van der Waals surface area contributed by atoms with Crippen LogP contribution in [0.5, 0.6) is 0 Å². The van der Waals surface area contributed by atoms with Crippen molar-refractivity contribution in [3.8, 4) is 0 Å². The molecule has 0 aliphatic carbocycles. The van der Waals surface area contributed by atoms with Crippen LogP contribution in [-0.2, 0) is 21.4 Å². The molecule has 2 rings (SSSR count). The van der Waals surface area contributed by atoms with E-state index >= 15 is 0 Å². The highest BCUT2D eigenvalue weighted by Crippen LogP contribution is 2.10. The SMILES string of the molecule is CCNS(=O)(=O)c1ccc(CNC(=O)C2CNC2)cc1. The Morgan fingerprint density at radius 3 is 2.45 bits per heavy atom. The van der Waals surface area contributed by atoms with Gasteiger partial charge in [0.2, 0.25) is 15.9 Å². The summed E-state index contributed by atoms with van der Waals surface area (Å²) in [4.78, 5) is 11.9. The Balaban J connectivity index is 1.93. The van der Waals surface area contributed by atoms with Crippen LogP contribution in [-0.4, -0.2) is 34.0 Å². The number of carbonyl (C=O) groups excluding carboxylic acids is 1. The summed E-state index contributed by atoms with van der Waals surface area (Å²) in [5.41, 5.74) is 0.876. The van der Waals surface area contributed by atoms with Gasteiger partial charge in [-0.2, -0.15) is 0 Å². The summed E-state index contributed by atoms with van der Waals surface area (Å²) in [7, 11) is -3.41. The van der Waals surface area contributed by atoms with Crippen LogP contribution in [0.15, 0.2) is 29.2 Å². The molecule has 1 heterocycles. The average molecular weight is 297 g/mol. The van der Waals surface area contributed by atoms with Crippen molar-refractivity contribution >= 4 is 15.9 Å². The van der Waals surface area contributed by atoms with Crippen LogP contribution in [0.25, 0.3) is 0 Å². The first-order valence-corrected chi connectivity index (χ1v) is 8.08. The van der Waals surface area contributed by atoms with E-state index in [2.05, 4.69) is 15.4 Å². The normalized spacial score (nSPS) is 15.7. The summed E-state index contributed by atoms with van der Waals surface area (Å²) in [5, 5.41) is 5.88. The molecule has 0 spiro atoms. The van der Waals surface area contributed by atoms with Gasteiger partial charge in [0, 0.05) is 26.2 Å². The predicted octanol–water partition coefficient (Wildman–Crippen LogP) is -0.180. The highest BCUT2D eigenvalue weighted by atomic mass is 32.2. The monoisotopic (exact) mass is 297 g/mol. The molecule has 3 N–H and O–H groups in total. The van der Waals surface area contributed by atoms with Crippen LogP contribution in [0.4, 0.5) is 0 Å². The molecule has 0 saturated carbocycles. The van der Waals surface area contributed by atoms with Crippen LogP contribution < -0.4 is 15.4 Å². The molecule has 1 aromatic carbocycles. The zero-order valence-electron chi connectivity index (χ0n) is 11.3. The number of rotatable bonds is 6. The molecule has 0 bridgehead atoms. The zero-order chi connectivity index (χ0) is 14.6. The van der Waals surface area contributed by atoms with Gasteiger partial charge in [0.1, 0.15) is 0 Å². The number of carbonyl (C=O) groups is 1. The molecule has 0 aromatic heterocycles. The van der Waals surface area contributed by atoms with Crippen molar-refractivity contribution in [3.05, 3.63) is 29.8 Å². The molecular formula is C13H19N3O3S. The molecule has 0 unspecified atom stereocenters. The van der Waals surface area contributed by atoms with Crippen molar-refractivity contribution in [1.29, 1.82) is 0 Å². The number of hydrogen-bond donors (Lipinski definition) is 3. The maximum Gasteiger partial charge on any atom is 0.240 e. The molecule has 1 aliphatic heterocycles. The topological polar surface area (TPSA) is 87.3 Å². The van der Waals surface area contributed by atoms with Gasteiger partial charge in [0.05, 0.1) is 10.8 Å². The number of amides is 1. The molecule has 1 amide bonds. The maximum atomic E-state index is 11.8. The standard InChI is InChI=1S/C13H19N3O3S/c1-2-16-20(18,19)12-5-3-10(4-6-12)7-15-13(17)11-8-14-9-11/h3-6,11,14,16H,2,7-9H2,1H3,(H,15,17). The van der Waals surface area contributed by atoms with Gasteiger partial charge in [-0.1, -0.05) is 19.1 Å². The van der Waals surface area contributed by atoms with Crippen molar-refractivity contribution < 1.29 is 13.2 Å². The fourth-order valence-electron chi connectivity index (χ4n) is 1.87. The van der Waals surface area contributed by atoms with Crippen LogP contribution in [0.1, 0.15) is 12.5 Å². The molecule has 1 saturated heterocycles. The predicted molar refractivity (Wildman–Crippen MR) is 75.5 cm³/mol.